The third kappa shape index (κ3) is 2.70. The molecule has 1 saturated carbocycles. The summed E-state index contributed by atoms with van der Waals surface area (Å²) in [6.07, 6.45) is 2.27. The van der Waals surface area contributed by atoms with Crippen LogP contribution in [0.15, 0.2) is 36.4 Å². The van der Waals surface area contributed by atoms with Crippen LogP contribution >= 0.6 is 15.9 Å². The number of rotatable bonds is 4. The summed E-state index contributed by atoms with van der Waals surface area (Å²) in [5, 5.41) is 3.05. The monoisotopic (exact) mass is 363 g/mol. The van der Waals surface area contributed by atoms with Gasteiger partial charge in [0.25, 0.3) is 0 Å². The second-order valence-corrected chi connectivity index (χ2v) is 6.70. The maximum absolute atomic E-state index is 12.3. The summed E-state index contributed by atoms with van der Waals surface area (Å²) in [6, 6.07) is 7.65. The second-order valence-electron chi connectivity index (χ2n) is 6.14. The van der Waals surface area contributed by atoms with Crippen molar-refractivity contribution < 1.29 is 14.3 Å². The Morgan fingerprint density at radius 1 is 1.41 bits per heavy atom. The quantitative estimate of drug-likeness (QED) is 0.508. The Balaban J connectivity index is 1.76. The lowest BCUT2D eigenvalue weighted by atomic mass is 9.75. The zero-order chi connectivity index (χ0) is 15.7. The zero-order valence-electron chi connectivity index (χ0n) is 12.2. The number of esters is 1. The number of fused-ring (bicyclic) bond motifs is 1. The van der Waals surface area contributed by atoms with Gasteiger partial charge in [-0.25, -0.2) is 0 Å². The van der Waals surface area contributed by atoms with Crippen molar-refractivity contribution in [1.29, 1.82) is 0 Å². The molecule has 0 spiro atoms. The Morgan fingerprint density at radius 3 is 2.82 bits per heavy atom. The first-order chi connectivity index (χ1) is 10.5. The maximum Gasteiger partial charge on any atom is 0.313 e. The lowest BCUT2D eigenvalue weighted by Gasteiger charge is -2.24. The molecule has 1 amide bonds. The molecule has 116 valence electrons. The molecular formula is C17H18BrNO3. The number of alkyl halides is 1. The van der Waals surface area contributed by atoms with Crippen molar-refractivity contribution in [2.24, 2.45) is 11.3 Å². The van der Waals surface area contributed by atoms with Crippen LogP contribution in [0, 0.1) is 11.3 Å². The van der Waals surface area contributed by atoms with Crippen LogP contribution in [0.4, 0.5) is 5.69 Å². The van der Waals surface area contributed by atoms with Crippen LogP contribution in [0.5, 0.6) is 0 Å². The van der Waals surface area contributed by atoms with Gasteiger partial charge < -0.3 is 10.1 Å². The van der Waals surface area contributed by atoms with Crippen molar-refractivity contribution in [3.8, 4) is 0 Å². The number of cyclic esters (lactones) is 1. The number of hydrogen-bond acceptors (Lipinski definition) is 3. The van der Waals surface area contributed by atoms with Gasteiger partial charge in [0.2, 0.25) is 5.91 Å². The lowest BCUT2D eigenvalue weighted by Crippen LogP contribution is -2.31. The maximum atomic E-state index is 12.3. The zero-order valence-corrected chi connectivity index (χ0v) is 13.8. The Labute approximate surface area is 138 Å². The number of allylic oxidation sites excluding steroid dienone is 1. The van der Waals surface area contributed by atoms with Crippen molar-refractivity contribution in [1.82, 2.24) is 0 Å². The number of halogens is 1. The van der Waals surface area contributed by atoms with Crippen molar-refractivity contribution in [2.75, 3.05) is 17.3 Å². The summed E-state index contributed by atoms with van der Waals surface area (Å²) >= 11 is 3.12. The highest BCUT2D eigenvalue weighted by molar-refractivity contribution is 9.09. The van der Waals surface area contributed by atoms with E-state index in [1.54, 1.807) is 0 Å². The minimum absolute atomic E-state index is 0.0853. The average Bonchev–Trinajstić information content (AvgIpc) is 2.96. The van der Waals surface area contributed by atoms with Crippen molar-refractivity contribution in [3.63, 3.8) is 0 Å². The fourth-order valence-electron chi connectivity index (χ4n) is 3.53. The first-order valence-electron chi connectivity index (χ1n) is 7.32. The molecule has 1 heterocycles. The van der Waals surface area contributed by atoms with Crippen LogP contribution in [0.1, 0.15) is 18.4 Å². The smallest absolute Gasteiger partial charge is 0.313 e. The first-order valence-corrected chi connectivity index (χ1v) is 8.44. The fourth-order valence-corrected chi connectivity index (χ4v) is 3.67. The summed E-state index contributed by atoms with van der Waals surface area (Å²) in [7, 11) is 0. The summed E-state index contributed by atoms with van der Waals surface area (Å²) in [5.74, 6) is 0.0750. The molecule has 1 aliphatic carbocycles. The molecular weight excluding hydrogens is 346 g/mol. The van der Waals surface area contributed by atoms with Gasteiger partial charge in [-0.1, -0.05) is 40.2 Å². The first kappa shape index (κ1) is 15.3. The minimum atomic E-state index is -0.433. The molecule has 1 aromatic rings. The number of benzene rings is 1. The Hall–Kier alpha value is -1.62. The molecule has 2 fully saturated rings. The molecule has 1 aromatic carbocycles. The SMILES string of the molecule is C=C1CC2COC(=O)C2(Cc2ccc(NC(=O)CBr)cc2)C1. The topological polar surface area (TPSA) is 55.4 Å². The highest BCUT2D eigenvalue weighted by Crippen LogP contribution is 2.52. The van der Waals surface area contributed by atoms with Gasteiger partial charge in [0.15, 0.2) is 0 Å². The molecule has 0 aromatic heterocycles. The van der Waals surface area contributed by atoms with E-state index >= 15 is 0 Å². The third-order valence-corrected chi connectivity index (χ3v) is 5.09. The van der Waals surface area contributed by atoms with Gasteiger partial charge in [-0.15, -0.1) is 0 Å². The Bertz CT molecular complexity index is 625. The van der Waals surface area contributed by atoms with Gasteiger partial charge in [0.05, 0.1) is 17.4 Å². The second kappa shape index (κ2) is 5.88. The van der Waals surface area contributed by atoms with Crippen LogP contribution in [0.3, 0.4) is 0 Å². The number of carbonyl (C=O) groups excluding carboxylic acids is 2. The van der Waals surface area contributed by atoms with Gasteiger partial charge in [0, 0.05) is 11.6 Å². The molecule has 1 saturated heterocycles. The van der Waals surface area contributed by atoms with E-state index in [0.717, 1.165) is 29.7 Å². The predicted molar refractivity (Wildman–Crippen MR) is 87.8 cm³/mol. The van der Waals surface area contributed by atoms with E-state index in [1.165, 1.54) is 0 Å². The number of ether oxygens (including phenoxy) is 1. The highest BCUT2D eigenvalue weighted by atomic mass is 79.9. The van der Waals surface area contributed by atoms with E-state index in [9.17, 15) is 9.59 Å². The molecule has 0 bridgehead atoms. The van der Waals surface area contributed by atoms with Gasteiger partial charge in [0.1, 0.15) is 0 Å². The predicted octanol–water partition coefficient (Wildman–Crippen LogP) is 3.07. The summed E-state index contributed by atoms with van der Waals surface area (Å²) in [5.41, 5.74) is 2.54. The molecule has 2 atom stereocenters. The highest BCUT2D eigenvalue weighted by Gasteiger charge is 2.55. The molecule has 2 unspecified atom stereocenters. The average molecular weight is 364 g/mol. The van der Waals surface area contributed by atoms with Crippen molar-refractivity contribution >= 4 is 33.5 Å². The van der Waals surface area contributed by atoms with E-state index in [0.29, 0.717) is 13.0 Å². The summed E-state index contributed by atoms with van der Waals surface area (Å²) < 4.78 is 5.29. The van der Waals surface area contributed by atoms with E-state index < -0.39 is 5.41 Å². The standard InChI is InChI=1S/C17H18BrNO3/c1-11-6-13-10-22-16(21)17(13,7-11)8-12-2-4-14(5-3-12)19-15(20)9-18/h2-5,13H,1,6-10H2,(H,19,20). The Kier molecular flexibility index (Phi) is 4.08. The van der Waals surface area contributed by atoms with Crippen LogP contribution in [0.2, 0.25) is 0 Å². The van der Waals surface area contributed by atoms with Gasteiger partial charge in [-0.2, -0.15) is 0 Å². The number of nitrogens with one attached hydrogen (secondary N) is 1. The molecule has 1 aliphatic heterocycles. The normalized spacial score (nSPS) is 26.7. The summed E-state index contributed by atoms with van der Waals surface area (Å²) in [6.45, 7) is 4.57. The molecule has 22 heavy (non-hydrogen) atoms. The van der Waals surface area contributed by atoms with Gasteiger partial charge in [-0.05, 0) is 37.0 Å². The minimum Gasteiger partial charge on any atom is -0.465 e. The fraction of sp³-hybridized carbons (Fsp3) is 0.412. The number of carbonyl (C=O) groups is 2. The summed E-state index contributed by atoms with van der Waals surface area (Å²) in [4.78, 5) is 23.6. The Morgan fingerprint density at radius 2 is 2.14 bits per heavy atom. The van der Waals surface area contributed by atoms with Crippen molar-refractivity contribution in [2.45, 2.75) is 19.3 Å². The number of amides is 1. The molecule has 3 rings (SSSR count). The third-order valence-electron chi connectivity index (χ3n) is 4.58. The van der Waals surface area contributed by atoms with Gasteiger partial charge in [-0.3, -0.25) is 9.59 Å². The van der Waals surface area contributed by atoms with Gasteiger partial charge >= 0.3 is 5.97 Å². The number of anilines is 1. The number of hydrogen-bond donors (Lipinski definition) is 1. The molecule has 2 aliphatic rings. The van der Waals surface area contributed by atoms with E-state index in [2.05, 4.69) is 27.8 Å². The van der Waals surface area contributed by atoms with Crippen LogP contribution < -0.4 is 5.32 Å². The van der Waals surface area contributed by atoms with E-state index in [1.807, 2.05) is 24.3 Å². The van der Waals surface area contributed by atoms with Crippen LogP contribution in [0.25, 0.3) is 0 Å². The van der Waals surface area contributed by atoms with Crippen molar-refractivity contribution in [3.05, 3.63) is 42.0 Å². The lowest BCUT2D eigenvalue weighted by molar-refractivity contribution is -0.146. The molecule has 4 nitrogen and oxygen atoms in total. The van der Waals surface area contributed by atoms with Crippen LogP contribution in [-0.4, -0.2) is 23.8 Å². The molecule has 0 radical (unpaired) electrons. The molecule has 1 N–H and O–H groups in total. The van der Waals surface area contributed by atoms with Crippen LogP contribution in [-0.2, 0) is 20.7 Å². The van der Waals surface area contributed by atoms with E-state index in [-0.39, 0.29) is 23.1 Å². The largest absolute Gasteiger partial charge is 0.465 e. The van der Waals surface area contributed by atoms with E-state index in [4.69, 9.17) is 4.74 Å². The molecule has 5 heteroatoms.